The average Bonchev–Trinajstić information content (AvgIpc) is 3.45. The van der Waals surface area contributed by atoms with Crippen molar-refractivity contribution in [1.82, 2.24) is 24.6 Å². The minimum absolute atomic E-state index is 0.112. The Balaban J connectivity index is 1.55. The molecule has 5 rings (SSSR count). The SMILES string of the molecule is CC(C)n1ncc2c(C(=O)Nc3nc4c(s3)CN(C)CC4)cc(-c3ccco3)nc21. The van der Waals surface area contributed by atoms with Crippen LogP contribution in [0.15, 0.2) is 35.1 Å². The molecule has 1 N–H and O–H groups in total. The Bertz CT molecular complexity index is 1220. The highest BCUT2D eigenvalue weighted by Crippen LogP contribution is 2.30. The average molecular weight is 423 g/mol. The molecular formula is C21H22N6O2S. The van der Waals surface area contributed by atoms with Gasteiger partial charge in [-0.1, -0.05) is 0 Å². The Labute approximate surface area is 177 Å². The van der Waals surface area contributed by atoms with Gasteiger partial charge >= 0.3 is 0 Å². The van der Waals surface area contributed by atoms with Crippen LogP contribution in [0.5, 0.6) is 0 Å². The number of anilines is 1. The van der Waals surface area contributed by atoms with Crippen LogP contribution < -0.4 is 5.32 Å². The van der Waals surface area contributed by atoms with Crippen molar-refractivity contribution in [2.24, 2.45) is 0 Å². The first kappa shape index (κ1) is 19.0. The second kappa shape index (κ2) is 7.33. The number of carbonyl (C=O) groups excluding carboxylic acids is 1. The summed E-state index contributed by atoms with van der Waals surface area (Å²) in [5, 5.41) is 8.77. The predicted molar refractivity (Wildman–Crippen MR) is 116 cm³/mol. The number of thiazole rings is 1. The number of furan rings is 1. The third-order valence-electron chi connectivity index (χ3n) is 5.22. The zero-order valence-electron chi connectivity index (χ0n) is 17.0. The minimum atomic E-state index is -0.224. The first-order valence-electron chi connectivity index (χ1n) is 9.90. The molecule has 1 amide bonds. The van der Waals surface area contributed by atoms with Gasteiger partial charge < -0.3 is 9.32 Å². The van der Waals surface area contributed by atoms with E-state index in [9.17, 15) is 4.79 Å². The molecule has 0 saturated carbocycles. The van der Waals surface area contributed by atoms with Crippen molar-refractivity contribution in [3.63, 3.8) is 0 Å². The molecule has 0 aromatic carbocycles. The van der Waals surface area contributed by atoms with E-state index in [2.05, 4.69) is 27.3 Å². The van der Waals surface area contributed by atoms with Crippen LogP contribution in [0, 0.1) is 0 Å². The van der Waals surface area contributed by atoms with Gasteiger partial charge in [0.2, 0.25) is 0 Å². The second-order valence-electron chi connectivity index (χ2n) is 7.78. The normalized spacial score (nSPS) is 14.4. The van der Waals surface area contributed by atoms with Crippen LogP contribution in [0.3, 0.4) is 0 Å². The lowest BCUT2D eigenvalue weighted by Gasteiger charge is -2.20. The molecule has 154 valence electrons. The molecule has 0 aliphatic carbocycles. The van der Waals surface area contributed by atoms with Gasteiger partial charge in [0.05, 0.1) is 29.1 Å². The Morgan fingerprint density at radius 3 is 2.97 bits per heavy atom. The number of aromatic nitrogens is 4. The van der Waals surface area contributed by atoms with E-state index in [-0.39, 0.29) is 11.9 Å². The molecule has 1 aliphatic heterocycles. The molecule has 4 aromatic heterocycles. The molecule has 9 heteroatoms. The summed E-state index contributed by atoms with van der Waals surface area (Å²) in [5.41, 5.74) is 2.84. The summed E-state index contributed by atoms with van der Waals surface area (Å²) in [6.45, 7) is 5.91. The zero-order chi connectivity index (χ0) is 20.8. The van der Waals surface area contributed by atoms with E-state index in [1.54, 1.807) is 24.6 Å². The molecule has 0 fully saturated rings. The Morgan fingerprint density at radius 2 is 2.20 bits per heavy atom. The number of likely N-dealkylation sites (N-methyl/N-ethyl adjacent to an activating group) is 1. The highest BCUT2D eigenvalue weighted by molar-refractivity contribution is 7.15. The summed E-state index contributed by atoms with van der Waals surface area (Å²) < 4.78 is 7.34. The number of carbonyl (C=O) groups is 1. The van der Waals surface area contributed by atoms with Gasteiger partial charge in [-0.2, -0.15) is 5.10 Å². The molecule has 5 heterocycles. The maximum absolute atomic E-state index is 13.3. The van der Waals surface area contributed by atoms with Crippen LogP contribution in [0.4, 0.5) is 5.13 Å². The molecule has 30 heavy (non-hydrogen) atoms. The van der Waals surface area contributed by atoms with Crippen molar-refractivity contribution >= 4 is 33.4 Å². The summed E-state index contributed by atoms with van der Waals surface area (Å²) in [7, 11) is 2.09. The van der Waals surface area contributed by atoms with Crippen LogP contribution in [0.1, 0.15) is 40.8 Å². The molecule has 0 radical (unpaired) electrons. The van der Waals surface area contributed by atoms with E-state index in [0.717, 1.165) is 25.2 Å². The first-order valence-corrected chi connectivity index (χ1v) is 10.7. The zero-order valence-corrected chi connectivity index (χ0v) is 17.9. The standard InChI is InChI=1S/C21H22N6O2S/c1-12(2)27-19-14(10-22-27)13(9-16(23-19)17-5-4-8-29-17)20(28)25-21-24-15-6-7-26(3)11-18(15)30-21/h4-5,8-10,12H,6-7,11H2,1-3H3,(H,24,25,28). The molecular weight excluding hydrogens is 400 g/mol. The lowest BCUT2D eigenvalue weighted by atomic mass is 10.1. The van der Waals surface area contributed by atoms with Crippen molar-refractivity contribution in [3.05, 3.63) is 46.8 Å². The lowest BCUT2D eigenvalue weighted by Crippen LogP contribution is -2.25. The van der Waals surface area contributed by atoms with Crippen molar-refractivity contribution < 1.29 is 9.21 Å². The van der Waals surface area contributed by atoms with Gasteiger partial charge in [-0.25, -0.2) is 14.6 Å². The number of hydrogen-bond donors (Lipinski definition) is 1. The number of nitrogens with one attached hydrogen (secondary N) is 1. The van der Waals surface area contributed by atoms with Gasteiger partial charge in [0.25, 0.3) is 5.91 Å². The van der Waals surface area contributed by atoms with Gasteiger partial charge in [0.1, 0.15) is 5.69 Å². The van der Waals surface area contributed by atoms with E-state index >= 15 is 0 Å². The lowest BCUT2D eigenvalue weighted by molar-refractivity contribution is 0.102. The maximum atomic E-state index is 13.3. The Morgan fingerprint density at radius 1 is 1.33 bits per heavy atom. The molecule has 0 spiro atoms. The van der Waals surface area contributed by atoms with Gasteiger partial charge in [-0.15, -0.1) is 11.3 Å². The predicted octanol–water partition coefficient (Wildman–Crippen LogP) is 3.97. The van der Waals surface area contributed by atoms with Crippen molar-refractivity contribution in [3.8, 4) is 11.5 Å². The van der Waals surface area contributed by atoms with Crippen LogP contribution >= 0.6 is 11.3 Å². The van der Waals surface area contributed by atoms with Crippen LogP contribution in [-0.4, -0.2) is 44.1 Å². The quantitative estimate of drug-likeness (QED) is 0.535. The third kappa shape index (κ3) is 3.29. The number of pyridine rings is 1. The Kier molecular flexibility index (Phi) is 4.63. The summed E-state index contributed by atoms with van der Waals surface area (Å²) in [6.07, 6.45) is 4.20. The number of rotatable bonds is 4. The summed E-state index contributed by atoms with van der Waals surface area (Å²) >= 11 is 1.54. The van der Waals surface area contributed by atoms with E-state index in [1.807, 2.05) is 24.6 Å². The topological polar surface area (TPSA) is 89.1 Å². The largest absolute Gasteiger partial charge is 0.463 e. The van der Waals surface area contributed by atoms with E-state index < -0.39 is 0 Å². The number of hydrogen-bond acceptors (Lipinski definition) is 7. The van der Waals surface area contributed by atoms with Crippen LogP contribution in [0.25, 0.3) is 22.5 Å². The Hall–Kier alpha value is -3.04. The third-order valence-corrected chi connectivity index (χ3v) is 6.21. The number of amides is 1. The molecule has 4 aromatic rings. The fourth-order valence-corrected chi connectivity index (χ4v) is 4.76. The van der Waals surface area contributed by atoms with Gasteiger partial charge in [0, 0.05) is 30.4 Å². The molecule has 0 bridgehead atoms. The second-order valence-corrected chi connectivity index (χ2v) is 8.87. The highest BCUT2D eigenvalue weighted by atomic mass is 32.1. The molecule has 0 unspecified atom stereocenters. The summed E-state index contributed by atoms with van der Waals surface area (Å²) in [4.78, 5) is 26.1. The fraction of sp³-hybridized carbons (Fsp3) is 0.333. The highest BCUT2D eigenvalue weighted by Gasteiger charge is 2.22. The molecule has 0 saturated heterocycles. The summed E-state index contributed by atoms with van der Waals surface area (Å²) in [5.74, 6) is 0.383. The maximum Gasteiger partial charge on any atom is 0.258 e. The molecule has 0 atom stereocenters. The number of fused-ring (bicyclic) bond motifs is 2. The molecule has 1 aliphatic rings. The van der Waals surface area contributed by atoms with Crippen LogP contribution in [-0.2, 0) is 13.0 Å². The minimum Gasteiger partial charge on any atom is -0.463 e. The van der Waals surface area contributed by atoms with Crippen molar-refractivity contribution in [2.75, 3.05) is 18.9 Å². The van der Waals surface area contributed by atoms with Crippen LogP contribution in [0.2, 0.25) is 0 Å². The summed E-state index contributed by atoms with van der Waals surface area (Å²) in [6, 6.07) is 5.50. The first-order chi connectivity index (χ1) is 14.5. The molecule has 8 nitrogen and oxygen atoms in total. The van der Waals surface area contributed by atoms with Gasteiger partial charge in [-0.3, -0.25) is 10.1 Å². The van der Waals surface area contributed by atoms with Crippen molar-refractivity contribution in [2.45, 2.75) is 32.9 Å². The van der Waals surface area contributed by atoms with Gasteiger partial charge in [-0.05, 0) is 39.1 Å². The van der Waals surface area contributed by atoms with E-state index in [4.69, 9.17) is 9.40 Å². The number of nitrogens with zero attached hydrogens (tertiary/aromatic N) is 5. The van der Waals surface area contributed by atoms with E-state index in [1.165, 1.54) is 16.2 Å². The fourth-order valence-electron chi connectivity index (χ4n) is 3.68. The van der Waals surface area contributed by atoms with Crippen molar-refractivity contribution in [1.29, 1.82) is 0 Å². The monoisotopic (exact) mass is 422 g/mol. The van der Waals surface area contributed by atoms with Gasteiger partial charge in [0.15, 0.2) is 16.5 Å². The van der Waals surface area contributed by atoms with E-state index in [0.29, 0.717) is 33.2 Å². The smallest absolute Gasteiger partial charge is 0.258 e.